The summed E-state index contributed by atoms with van der Waals surface area (Å²) in [7, 11) is 0. The zero-order valence-corrected chi connectivity index (χ0v) is 12.4. The second-order valence-corrected chi connectivity index (χ2v) is 5.69. The van der Waals surface area contributed by atoms with Crippen LogP contribution >= 0.6 is 47.8 Å². The maximum Gasteiger partial charge on any atom is 0.0693 e. The molecule has 4 heteroatoms. The maximum absolute atomic E-state index is 9.15. The van der Waals surface area contributed by atoms with Crippen molar-refractivity contribution in [2.75, 3.05) is 0 Å². The van der Waals surface area contributed by atoms with Crippen LogP contribution in [0.5, 0.6) is 0 Å². The molecule has 0 aliphatic rings. The smallest absolute Gasteiger partial charge is 0.0693 e. The van der Waals surface area contributed by atoms with E-state index in [9.17, 15) is 0 Å². The highest BCUT2D eigenvalue weighted by atomic mass is 79.9. The van der Waals surface area contributed by atoms with Crippen LogP contribution in [0.3, 0.4) is 0 Å². The Hall–Kier alpha value is 0.1000. The van der Waals surface area contributed by atoms with Crippen molar-refractivity contribution in [2.45, 2.75) is 6.61 Å². The van der Waals surface area contributed by atoms with Gasteiger partial charge in [-0.1, -0.05) is 12.1 Å². The molecule has 0 atom stereocenters. The molecule has 1 N–H and O–H groups in total. The quantitative estimate of drug-likeness (QED) is 0.748. The van der Waals surface area contributed by atoms with Gasteiger partial charge in [0.1, 0.15) is 0 Å². The number of hydrogen-bond acceptors (Lipinski definition) is 1. The highest BCUT2D eigenvalue weighted by Gasteiger charge is 2.06. The fourth-order valence-corrected chi connectivity index (χ4v) is 2.75. The molecule has 0 saturated heterocycles. The van der Waals surface area contributed by atoms with Crippen LogP contribution in [0.4, 0.5) is 0 Å². The van der Waals surface area contributed by atoms with Gasteiger partial charge in [0.05, 0.1) is 6.61 Å². The monoisotopic (exact) mass is 392 g/mol. The van der Waals surface area contributed by atoms with Crippen LogP contribution in [-0.2, 0) is 6.61 Å². The molecular weight excluding hydrogens is 388 g/mol. The summed E-state index contributed by atoms with van der Waals surface area (Å²) in [5.41, 5.74) is 0.900. The molecule has 0 spiro atoms. The van der Waals surface area contributed by atoms with Crippen LogP contribution in [0.2, 0.25) is 0 Å². The number of rotatable bonds is 1. The minimum atomic E-state index is 0.0458. The predicted octanol–water partition coefficient (Wildman–Crippen LogP) is 4.62. The third-order valence-corrected chi connectivity index (χ3v) is 5.03. The zero-order valence-electron chi connectivity index (χ0n) is 7.60. The molecule has 0 radical (unpaired) electrons. The van der Waals surface area contributed by atoms with E-state index in [1.54, 1.807) is 0 Å². The Bertz CT molecular complexity index is 523. The van der Waals surface area contributed by atoms with Crippen molar-refractivity contribution in [1.82, 2.24) is 0 Å². The van der Waals surface area contributed by atoms with Crippen molar-refractivity contribution in [3.63, 3.8) is 0 Å². The first-order valence-corrected chi connectivity index (χ1v) is 6.68. The first-order valence-electron chi connectivity index (χ1n) is 4.30. The van der Waals surface area contributed by atoms with Gasteiger partial charge in [-0.05, 0) is 76.3 Å². The normalized spacial score (nSPS) is 10.9. The summed E-state index contributed by atoms with van der Waals surface area (Å²) in [6.07, 6.45) is 0. The summed E-state index contributed by atoms with van der Waals surface area (Å²) in [6, 6.07) is 8.00. The lowest BCUT2D eigenvalue weighted by atomic mass is 10.1. The molecule has 0 bridgehead atoms. The second kappa shape index (κ2) is 4.53. The van der Waals surface area contributed by atoms with Crippen LogP contribution in [0.1, 0.15) is 5.56 Å². The van der Waals surface area contributed by atoms with Gasteiger partial charge in [0, 0.05) is 13.4 Å². The molecule has 0 unspecified atom stereocenters. The van der Waals surface area contributed by atoms with Gasteiger partial charge in [-0.3, -0.25) is 0 Å². The van der Waals surface area contributed by atoms with Gasteiger partial charge < -0.3 is 5.11 Å². The van der Waals surface area contributed by atoms with E-state index >= 15 is 0 Å². The molecule has 0 fully saturated rings. The van der Waals surface area contributed by atoms with E-state index in [-0.39, 0.29) is 6.61 Å². The zero-order chi connectivity index (χ0) is 11.0. The first-order chi connectivity index (χ1) is 7.13. The molecule has 0 saturated carbocycles. The van der Waals surface area contributed by atoms with Crippen LogP contribution in [0.25, 0.3) is 10.8 Å². The summed E-state index contributed by atoms with van der Waals surface area (Å²) in [5, 5.41) is 11.4. The van der Waals surface area contributed by atoms with Gasteiger partial charge in [-0.25, -0.2) is 0 Å². The lowest BCUT2D eigenvalue weighted by Crippen LogP contribution is -1.87. The van der Waals surface area contributed by atoms with E-state index in [4.69, 9.17) is 5.11 Å². The minimum absolute atomic E-state index is 0.0458. The van der Waals surface area contributed by atoms with Crippen molar-refractivity contribution in [2.24, 2.45) is 0 Å². The molecule has 0 heterocycles. The summed E-state index contributed by atoms with van der Waals surface area (Å²) in [5.74, 6) is 0. The molecule has 2 rings (SSSR count). The van der Waals surface area contributed by atoms with Crippen molar-refractivity contribution < 1.29 is 5.11 Å². The average Bonchev–Trinajstić information content (AvgIpc) is 2.22. The van der Waals surface area contributed by atoms with Gasteiger partial charge in [0.15, 0.2) is 0 Å². The van der Waals surface area contributed by atoms with Gasteiger partial charge in [-0.15, -0.1) is 0 Å². The number of benzene rings is 2. The number of aliphatic hydroxyl groups is 1. The fourth-order valence-electron chi connectivity index (χ4n) is 1.45. The minimum Gasteiger partial charge on any atom is -0.392 e. The average molecular weight is 395 g/mol. The maximum atomic E-state index is 9.15. The molecule has 2 aromatic carbocycles. The Morgan fingerprint density at radius 2 is 1.67 bits per heavy atom. The van der Waals surface area contributed by atoms with E-state index in [0.717, 1.165) is 29.8 Å². The highest BCUT2D eigenvalue weighted by Crippen LogP contribution is 2.34. The lowest BCUT2D eigenvalue weighted by molar-refractivity contribution is 0.281. The Morgan fingerprint density at radius 1 is 1.00 bits per heavy atom. The predicted molar refractivity (Wildman–Crippen MR) is 73.0 cm³/mol. The van der Waals surface area contributed by atoms with Crippen LogP contribution < -0.4 is 0 Å². The number of fused-ring (bicyclic) bond motifs is 1. The number of halogens is 3. The third kappa shape index (κ3) is 2.13. The number of hydrogen-bond donors (Lipinski definition) is 1. The van der Waals surface area contributed by atoms with E-state index in [2.05, 4.69) is 47.8 Å². The second-order valence-electron chi connectivity index (χ2n) is 3.18. The molecule has 0 aromatic heterocycles. The van der Waals surface area contributed by atoms with Gasteiger partial charge in [0.2, 0.25) is 0 Å². The molecule has 1 nitrogen and oxygen atoms in total. The summed E-state index contributed by atoms with van der Waals surface area (Å²) in [6.45, 7) is 0.0458. The topological polar surface area (TPSA) is 20.2 Å². The first kappa shape index (κ1) is 11.6. The Kier molecular flexibility index (Phi) is 3.50. The Balaban J connectivity index is 2.81. The van der Waals surface area contributed by atoms with E-state index in [1.807, 2.05) is 24.3 Å². The van der Waals surface area contributed by atoms with Crippen molar-refractivity contribution in [1.29, 1.82) is 0 Å². The van der Waals surface area contributed by atoms with Gasteiger partial charge >= 0.3 is 0 Å². The van der Waals surface area contributed by atoms with Gasteiger partial charge in [-0.2, -0.15) is 0 Å². The van der Waals surface area contributed by atoms with E-state index in [1.165, 1.54) is 0 Å². The number of aliphatic hydroxyl groups excluding tert-OH is 1. The fraction of sp³-hybridized carbons (Fsp3) is 0.0909. The molecule has 0 aliphatic carbocycles. The van der Waals surface area contributed by atoms with E-state index in [0.29, 0.717) is 0 Å². The van der Waals surface area contributed by atoms with Crippen molar-refractivity contribution in [3.8, 4) is 0 Å². The molecule has 15 heavy (non-hydrogen) atoms. The standard InChI is InChI=1S/C11H7Br3O/c12-9-3-6-1-2-7(5-15)11(14)8(6)4-10(9)13/h1-4,15H,5H2. The Labute approximate surface area is 113 Å². The van der Waals surface area contributed by atoms with Crippen molar-refractivity contribution in [3.05, 3.63) is 43.2 Å². The molecule has 78 valence electrons. The molecule has 2 aromatic rings. The van der Waals surface area contributed by atoms with Gasteiger partial charge in [0.25, 0.3) is 0 Å². The summed E-state index contributed by atoms with van der Waals surface area (Å²) >= 11 is 10.4. The van der Waals surface area contributed by atoms with E-state index < -0.39 is 0 Å². The SMILES string of the molecule is OCc1ccc2cc(Br)c(Br)cc2c1Br. The van der Waals surface area contributed by atoms with Crippen LogP contribution in [0, 0.1) is 0 Å². The lowest BCUT2D eigenvalue weighted by Gasteiger charge is -2.07. The third-order valence-electron chi connectivity index (χ3n) is 2.25. The molecule has 0 aliphatic heterocycles. The van der Waals surface area contributed by atoms with Crippen LogP contribution in [0.15, 0.2) is 37.7 Å². The summed E-state index contributed by atoms with van der Waals surface area (Å²) in [4.78, 5) is 0. The molecular formula is C11H7Br3O. The van der Waals surface area contributed by atoms with Crippen molar-refractivity contribution >= 4 is 58.6 Å². The Morgan fingerprint density at radius 3 is 2.33 bits per heavy atom. The van der Waals surface area contributed by atoms with Crippen LogP contribution in [-0.4, -0.2) is 5.11 Å². The molecule has 0 amide bonds. The summed E-state index contributed by atoms with van der Waals surface area (Å²) < 4.78 is 2.99. The largest absolute Gasteiger partial charge is 0.392 e. The highest BCUT2D eigenvalue weighted by molar-refractivity contribution is 9.13.